The van der Waals surface area contributed by atoms with E-state index in [9.17, 15) is 22.4 Å². The van der Waals surface area contributed by atoms with Gasteiger partial charge < -0.3 is 10.2 Å². The first-order valence-electron chi connectivity index (χ1n) is 13.0. The maximum atomic E-state index is 13.9. The molecule has 3 rings (SSSR count). The molecule has 0 spiro atoms. The Labute approximate surface area is 241 Å². The van der Waals surface area contributed by atoms with Crippen molar-refractivity contribution in [2.75, 3.05) is 10.8 Å². The van der Waals surface area contributed by atoms with Crippen LogP contribution in [0.25, 0.3) is 0 Å². The average Bonchev–Trinajstić information content (AvgIpc) is 2.92. The summed E-state index contributed by atoms with van der Waals surface area (Å²) >= 11 is 5.99. The summed E-state index contributed by atoms with van der Waals surface area (Å²) < 4.78 is 42.4. The monoisotopic (exact) mass is 587 g/mol. The van der Waals surface area contributed by atoms with E-state index >= 15 is 0 Å². The van der Waals surface area contributed by atoms with Crippen molar-refractivity contribution in [1.82, 2.24) is 10.2 Å². The van der Waals surface area contributed by atoms with Gasteiger partial charge >= 0.3 is 0 Å². The number of anilines is 1. The fourth-order valence-electron chi connectivity index (χ4n) is 3.98. The highest BCUT2D eigenvalue weighted by Crippen LogP contribution is 2.27. The molecule has 40 heavy (non-hydrogen) atoms. The normalized spacial score (nSPS) is 12.9. The van der Waals surface area contributed by atoms with Gasteiger partial charge in [0.1, 0.15) is 18.4 Å². The number of amides is 2. The minimum absolute atomic E-state index is 0.0179. The van der Waals surface area contributed by atoms with Crippen molar-refractivity contribution in [1.29, 1.82) is 0 Å². The number of nitrogens with one attached hydrogen (secondary N) is 1. The van der Waals surface area contributed by atoms with Gasteiger partial charge in [0.2, 0.25) is 11.8 Å². The molecule has 0 aliphatic heterocycles. The van der Waals surface area contributed by atoms with E-state index in [1.54, 1.807) is 25.1 Å². The number of nitrogens with zero attached hydrogens (tertiary/aromatic N) is 2. The van der Waals surface area contributed by atoms with Crippen LogP contribution in [0.1, 0.15) is 43.9 Å². The smallest absolute Gasteiger partial charge is 0.264 e. The molecule has 2 amide bonds. The Kier molecular flexibility index (Phi) is 10.3. The molecule has 3 aromatic carbocycles. The van der Waals surface area contributed by atoms with Gasteiger partial charge in [-0.25, -0.2) is 12.8 Å². The van der Waals surface area contributed by atoms with Crippen LogP contribution in [0.2, 0.25) is 5.02 Å². The zero-order valence-corrected chi connectivity index (χ0v) is 24.9. The number of carbonyl (C=O) groups excluding carboxylic acids is 2. The standard InChI is InChI=1S/C30H35ClFN3O4S/c1-6-22(4)33-30(37)23(5)34(18-24-8-12-26(32)13-9-24)29(36)19-35(27-14-7-20(2)21(3)17-27)40(38,39)28-15-10-25(31)11-16-28/h7-17,22-23H,6,18-19H2,1-5H3,(H,33,37)/t22-,23+/m0/s1. The first-order valence-corrected chi connectivity index (χ1v) is 14.8. The second-order valence-electron chi connectivity index (χ2n) is 9.88. The van der Waals surface area contributed by atoms with Crippen molar-refractivity contribution in [3.8, 4) is 0 Å². The highest BCUT2D eigenvalue weighted by Gasteiger charge is 2.33. The van der Waals surface area contributed by atoms with E-state index in [-0.39, 0.29) is 23.4 Å². The number of rotatable bonds is 11. The highest BCUT2D eigenvalue weighted by molar-refractivity contribution is 7.92. The summed E-state index contributed by atoms with van der Waals surface area (Å²) in [6.45, 7) is 8.57. The molecular formula is C30H35ClFN3O4S. The van der Waals surface area contributed by atoms with E-state index in [4.69, 9.17) is 11.6 Å². The van der Waals surface area contributed by atoms with Crippen LogP contribution in [0, 0.1) is 19.7 Å². The van der Waals surface area contributed by atoms with E-state index in [2.05, 4.69) is 5.32 Å². The second-order valence-corrected chi connectivity index (χ2v) is 12.2. The Morgan fingerprint density at radius 1 is 0.950 bits per heavy atom. The van der Waals surface area contributed by atoms with Crippen LogP contribution in [0.5, 0.6) is 0 Å². The lowest BCUT2D eigenvalue weighted by molar-refractivity contribution is -0.139. The molecule has 3 aromatic rings. The minimum Gasteiger partial charge on any atom is -0.352 e. The molecule has 1 N–H and O–H groups in total. The average molecular weight is 588 g/mol. The van der Waals surface area contributed by atoms with Crippen LogP contribution in [-0.2, 0) is 26.2 Å². The molecular weight excluding hydrogens is 553 g/mol. The number of benzene rings is 3. The Hall–Kier alpha value is -3.43. The molecule has 0 fully saturated rings. The Morgan fingerprint density at radius 2 is 1.57 bits per heavy atom. The molecule has 2 atom stereocenters. The van der Waals surface area contributed by atoms with Crippen LogP contribution in [0.3, 0.4) is 0 Å². The molecule has 0 aliphatic rings. The van der Waals surface area contributed by atoms with E-state index in [0.29, 0.717) is 22.7 Å². The first kappa shape index (κ1) is 31.1. The third kappa shape index (κ3) is 7.61. The lowest BCUT2D eigenvalue weighted by atomic mass is 10.1. The molecule has 0 saturated heterocycles. The molecule has 214 valence electrons. The highest BCUT2D eigenvalue weighted by atomic mass is 35.5. The number of hydrogen-bond donors (Lipinski definition) is 1. The quantitative estimate of drug-likeness (QED) is 0.315. The maximum Gasteiger partial charge on any atom is 0.264 e. The van der Waals surface area contributed by atoms with Gasteiger partial charge in [0.15, 0.2) is 0 Å². The zero-order chi connectivity index (χ0) is 29.6. The fraction of sp³-hybridized carbons (Fsp3) is 0.333. The largest absolute Gasteiger partial charge is 0.352 e. The lowest BCUT2D eigenvalue weighted by Gasteiger charge is -2.32. The predicted octanol–water partition coefficient (Wildman–Crippen LogP) is 5.62. The summed E-state index contributed by atoms with van der Waals surface area (Å²) in [5.74, 6) is -1.39. The summed E-state index contributed by atoms with van der Waals surface area (Å²) in [4.78, 5) is 28.3. The molecule has 0 radical (unpaired) electrons. The van der Waals surface area contributed by atoms with E-state index in [0.717, 1.165) is 15.4 Å². The number of sulfonamides is 1. The maximum absolute atomic E-state index is 13.9. The molecule has 7 nitrogen and oxygen atoms in total. The number of aryl methyl sites for hydroxylation is 2. The Balaban J connectivity index is 2.04. The van der Waals surface area contributed by atoms with Gasteiger partial charge in [0.05, 0.1) is 10.6 Å². The molecule has 0 aromatic heterocycles. The lowest BCUT2D eigenvalue weighted by Crippen LogP contribution is -2.52. The molecule has 0 saturated carbocycles. The molecule has 0 unspecified atom stereocenters. The SMILES string of the molecule is CC[C@H](C)NC(=O)[C@@H](C)N(Cc1ccc(F)cc1)C(=O)CN(c1ccc(C)c(C)c1)S(=O)(=O)c1ccc(Cl)cc1. The minimum atomic E-state index is -4.20. The Bertz CT molecular complexity index is 1450. The van der Waals surface area contributed by atoms with Gasteiger partial charge in [0.25, 0.3) is 10.0 Å². The zero-order valence-electron chi connectivity index (χ0n) is 23.3. The first-order chi connectivity index (χ1) is 18.8. The van der Waals surface area contributed by atoms with Gasteiger partial charge in [0, 0.05) is 17.6 Å². The number of carbonyl (C=O) groups is 2. The van der Waals surface area contributed by atoms with Crippen molar-refractivity contribution >= 4 is 39.1 Å². The topological polar surface area (TPSA) is 86.8 Å². The Morgan fingerprint density at radius 3 is 2.15 bits per heavy atom. The number of halogens is 2. The number of hydrogen-bond acceptors (Lipinski definition) is 4. The predicted molar refractivity (Wildman–Crippen MR) is 156 cm³/mol. The van der Waals surface area contributed by atoms with Crippen molar-refractivity contribution in [2.24, 2.45) is 0 Å². The summed E-state index contributed by atoms with van der Waals surface area (Å²) in [5, 5.41) is 3.26. The molecule has 0 bridgehead atoms. The van der Waals surface area contributed by atoms with E-state index in [1.165, 1.54) is 53.4 Å². The summed E-state index contributed by atoms with van der Waals surface area (Å²) in [6.07, 6.45) is 0.699. The third-order valence-corrected chi connectivity index (χ3v) is 8.93. The van der Waals surface area contributed by atoms with Gasteiger partial charge in [-0.1, -0.05) is 36.7 Å². The van der Waals surface area contributed by atoms with Crippen molar-refractivity contribution in [3.05, 3.63) is 94.3 Å². The van der Waals surface area contributed by atoms with Crippen LogP contribution >= 0.6 is 11.6 Å². The fourth-order valence-corrected chi connectivity index (χ4v) is 5.51. The van der Waals surface area contributed by atoms with Crippen LogP contribution < -0.4 is 9.62 Å². The van der Waals surface area contributed by atoms with Gasteiger partial charge in [-0.2, -0.15) is 0 Å². The van der Waals surface area contributed by atoms with E-state index < -0.39 is 34.3 Å². The van der Waals surface area contributed by atoms with Crippen molar-refractivity contribution in [2.45, 2.75) is 64.6 Å². The second kappa shape index (κ2) is 13.3. The molecule has 10 heteroatoms. The molecule has 0 heterocycles. The van der Waals surface area contributed by atoms with Crippen LogP contribution in [0.4, 0.5) is 10.1 Å². The van der Waals surface area contributed by atoms with E-state index in [1.807, 2.05) is 27.7 Å². The molecule has 0 aliphatic carbocycles. The van der Waals surface area contributed by atoms with Gasteiger partial charge in [-0.15, -0.1) is 0 Å². The third-order valence-electron chi connectivity index (χ3n) is 6.89. The van der Waals surface area contributed by atoms with Crippen molar-refractivity contribution in [3.63, 3.8) is 0 Å². The van der Waals surface area contributed by atoms with Crippen molar-refractivity contribution < 1.29 is 22.4 Å². The summed E-state index contributed by atoms with van der Waals surface area (Å²) in [7, 11) is -4.20. The summed E-state index contributed by atoms with van der Waals surface area (Å²) in [5.41, 5.74) is 2.72. The summed E-state index contributed by atoms with van der Waals surface area (Å²) in [6, 6.07) is 15.4. The van der Waals surface area contributed by atoms with Gasteiger partial charge in [-0.05, 0) is 99.3 Å². The van der Waals surface area contributed by atoms with Gasteiger partial charge in [-0.3, -0.25) is 13.9 Å². The van der Waals surface area contributed by atoms with Crippen LogP contribution in [0.15, 0.2) is 71.6 Å². The van der Waals surface area contributed by atoms with Crippen LogP contribution in [-0.4, -0.2) is 43.8 Å².